The average Bonchev–Trinajstić information content (AvgIpc) is 3.01. The fourth-order valence-electron chi connectivity index (χ4n) is 1.86. The van der Waals surface area contributed by atoms with Gasteiger partial charge in [0.05, 0.1) is 18.1 Å². The van der Waals surface area contributed by atoms with Gasteiger partial charge in [0.1, 0.15) is 0 Å². The van der Waals surface area contributed by atoms with Crippen molar-refractivity contribution in [1.29, 1.82) is 0 Å². The first-order chi connectivity index (χ1) is 9.77. The predicted molar refractivity (Wildman–Crippen MR) is 95.6 cm³/mol. The second-order valence-electron chi connectivity index (χ2n) is 4.43. The molecule has 1 aromatic rings. The number of nitrogens with zero attached hydrogens (tertiary/aromatic N) is 2. The first-order valence-corrected chi connectivity index (χ1v) is 7.59. The maximum atomic E-state index is 11.7. The largest absolute Gasteiger partial charge is 0.378 e. The fraction of sp³-hybridized carbons (Fsp3) is 0.538. The van der Waals surface area contributed by atoms with Gasteiger partial charge in [-0.05, 0) is 17.9 Å². The Labute approximate surface area is 145 Å². The van der Waals surface area contributed by atoms with Gasteiger partial charge in [-0.3, -0.25) is 9.79 Å². The summed E-state index contributed by atoms with van der Waals surface area (Å²) in [6.07, 6.45) is 0.780. The van der Waals surface area contributed by atoms with Gasteiger partial charge in [-0.15, -0.1) is 35.3 Å². The number of thiophene rings is 1. The molecule has 8 heteroatoms. The summed E-state index contributed by atoms with van der Waals surface area (Å²) < 4.78 is 5.26. The Hall–Kier alpha value is -0.870. The highest BCUT2D eigenvalue weighted by molar-refractivity contribution is 14.0. The lowest BCUT2D eigenvalue weighted by atomic mass is 10.4. The van der Waals surface area contributed by atoms with Crippen LogP contribution in [0.3, 0.4) is 0 Å². The molecular formula is C13H21IN4O2S. The Morgan fingerprint density at radius 1 is 1.48 bits per heavy atom. The molecule has 1 amide bonds. The van der Waals surface area contributed by atoms with E-state index < -0.39 is 0 Å². The summed E-state index contributed by atoms with van der Waals surface area (Å²) in [4.78, 5) is 18.7. The molecule has 0 saturated carbocycles. The van der Waals surface area contributed by atoms with Crippen LogP contribution in [-0.2, 0) is 4.74 Å². The smallest absolute Gasteiger partial charge is 0.261 e. The zero-order valence-corrected chi connectivity index (χ0v) is 14.9. The van der Waals surface area contributed by atoms with E-state index in [2.05, 4.69) is 10.3 Å². The van der Waals surface area contributed by atoms with E-state index in [0.717, 1.165) is 24.4 Å². The summed E-state index contributed by atoms with van der Waals surface area (Å²) in [5, 5.41) is 4.76. The van der Waals surface area contributed by atoms with E-state index in [1.807, 2.05) is 22.4 Å². The number of rotatable bonds is 5. The highest BCUT2D eigenvalue weighted by Crippen LogP contribution is 2.07. The van der Waals surface area contributed by atoms with E-state index >= 15 is 0 Å². The number of carbonyl (C=O) groups is 1. The number of carbonyl (C=O) groups excluding carboxylic acids is 1. The van der Waals surface area contributed by atoms with E-state index in [4.69, 9.17) is 10.5 Å². The van der Waals surface area contributed by atoms with Gasteiger partial charge in [0.25, 0.3) is 5.91 Å². The minimum Gasteiger partial charge on any atom is -0.378 e. The lowest BCUT2D eigenvalue weighted by molar-refractivity contribution is 0.0674. The zero-order valence-electron chi connectivity index (χ0n) is 11.8. The van der Waals surface area contributed by atoms with Crippen molar-refractivity contribution in [2.45, 2.75) is 6.42 Å². The molecule has 0 aliphatic carbocycles. The first kappa shape index (κ1) is 18.2. The molecule has 1 aliphatic rings. The second-order valence-corrected chi connectivity index (χ2v) is 5.37. The number of halogens is 1. The van der Waals surface area contributed by atoms with Crippen LogP contribution in [0.1, 0.15) is 16.1 Å². The van der Waals surface area contributed by atoms with Crippen molar-refractivity contribution < 1.29 is 9.53 Å². The van der Waals surface area contributed by atoms with Gasteiger partial charge in [-0.25, -0.2) is 0 Å². The maximum Gasteiger partial charge on any atom is 0.261 e. The van der Waals surface area contributed by atoms with E-state index in [1.165, 1.54) is 11.3 Å². The highest BCUT2D eigenvalue weighted by atomic mass is 127. The quantitative estimate of drug-likeness (QED) is 0.322. The number of nitrogens with two attached hydrogens (primary N) is 1. The summed E-state index contributed by atoms with van der Waals surface area (Å²) in [7, 11) is 0. The monoisotopic (exact) mass is 424 g/mol. The summed E-state index contributed by atoms with van der Waals surface area (Å²) in [6, 6.07) is 3.68. The normalized spacial score (nSPS) is 15.4. The fourth-order valence-corrected chi connectivity index (χ4v) is 2.50. The van der Waals surface area contributed by atoms with Gasteiger partial charge in [0.15, 0.2) is 5.96 Å². The standard InChI is InChI=1S/C13H20N4O2S.HI/c14-13(17-6-8-19-9-7-17)16-5-2-4-15-12(18)11-3-1-10-20-11;/h1,3,10H,2,4-9H2,(H2,14,16)(H,15,18);1H. The number of guanidine groups is 1. The molecule has 0 atom stereocenters. The van der Waals surface area contributed by atoms with Gasteiger partial charge in [0, 0.05) is 26.2 Å². The zero-order chi connectivity index (χ0) is 14.2. The van der Waals surface area contributed by atoms with E-state index in [-0.39, 0.29) is 29.9 Å². The molecule has 0 aromatic carbocycles. The Morgan fingerprint density at radius 2 is 2.24 bits per heavy atom. The molecule has 0 radical (unpaired) electrons. The Balaban J connectivity index is 0.00000220. The minimum atomic E-state index is -0.0230. The van der Waals surface area contributed by atoms with Crippen molar-refractivity contribution in [2.75, 3.05) is 39.4 Å². The first-order valence-electron chi connectivity index (χ1n) is 6.71. The molecule has 3 N–H and O–H groups in total. The molecule has 2 heterocycles. The lowest BCUT2D eigenvalue weighted by Crippen LogP contribution is -2.44. The summed E-state index contributed by atoms with van der Waals surface area (Å²) in [6.45, 7) is 4.22. The third-order valence-corrected chi connectivity index (χ3v) is 3.84. The number of ether oxygens (including phenoxy) is 1. The molecule has 1 aliphatic heterocycles. The van der Waals surface area contributed by atoms with Crippen LogP contribution in [0.4, 0.5) is 0 Å². The molecule has 1 saturated heterocycles. The number of nitrogens with one attached hydrogen (secondary N) is 1. The van der Waals surface area contributed by atoms with Crippen LogP contribution in [-0.4, -0.2) is 56.2 Å². The van der Waals surface area contributed by atoms with Crippen LogP contribution in [0, 0.1) is 0 Å². The Morgan fingerprint density at radius 3 is 2.90 bits per heavy atom. The summed E-state index contributed by atoms with van der Waals surface area (Å²) in [5.41, 5.74) is 5.90. The highest BCUT2D eigenvalue weighted by Gasteiger charge is 2.11. The van der Waals surface area contributed by atoms with E-state index in [0.29, 0.717) is 32.3 Å². The van der Waals surface area contributed by atoms with Gasteiger partial charge in [-0.2, -0.15) is 0 Å². The van der Waals surface area contributed by atoms with E-state index in [9.17, 15) is 4.79 Å². The van der Waals surface area contributed by atoms with Crippen molar-refractivity contribution in [1.82, 2.24) is 10.2 Å². The van der Waals surface area contributed by atoms with Crippen LogP contribution >= 0.6 is 35.3 Å². The molecule has 6 nitrogen and oxygen atoms in total. The minimum absolute atomic E-state index is 0. The number of morpholine rings is 1. The molecule has 1 aromatic heterocycles. The molecule has 0 spiro atoms. The molecule has 2 rings (SSSR count). The molecule has 0 bridgehead atoms. The third-order valence-electron chi connectivity index (χ3n) is 2.97. The number of hydrogen-bond donors (Lipinski definition) is 2. The van der Waals surface area contributed by atoms with Crippen LogP contribution in [0.2, 0.25) is 0 Å². The van der Waals surface area contributed by atoms with Gasteiger partial charge >= 0.3 is 0 Å². The summed E-state index contributed by atoms with van der Waals surface area (Å²) in [5.74, 6) is 0.544. The van der Waals surface area contributed by atoms with Crippen LogP contribution in [0.15, 0.2) is 22.5 Å². The Kier molecular flexibility index (Phi) is 8.62. The predicted octanol–water partition coefficient (Wildman–Crippen LogP) is 1.13. The van der Waals surface area contributed by atoms with Crippen molar-refractivity contribution in [3.05, 3.63) is 22.4 Å². The van der Waals surface area contributed by atoms with Crippen LogP contribution < -0.4 is 11.1 Å². The van der Waals surface area contributed by atoms with Crippen molar-refractivity contribution in [3.63, 3.8) is 0 Å². The van der Waals surface area contributed by atoms with Gasteiger partial charge in [-0.1, -0.05) is 6.07 Å². The van der Waals surface area contributed by atoms with Crippen LogP contribution in [0.5, 0.6) is 0 Å². The molecule has 1 fully saturated rings. The Bertz CT molecular complexity index is 447. The number of hydrogen-bond acceptors (Lipinski definition) is 4. The third kappa shape index (κ3) is 6.18. The van der Waals surface area contributed by atoms with Gasteiger partial charge < -0.3 is 20.7 Å². The van der Waals surface area contributed by atoms with Gasteiger partial charge in [0.2, 0.25) is 0 Å². The number of amides is 1. The molecular weight excluding hydrogens is 403 g/mol. The second kappa shape index (κ2) is 9.96. The average molecular weight is 424 g/mol. The topological polar surface area (TPSA) is 79.9 Å². The van der Waals surface area contributed by atoms with E-state index in [1.54, 1.807) is 0 Å². The lowest BCUT2D eigenvalue weighted by Gasteiger charge is -2.27. The molecule has 21 heavy (non-hydrogen) atoms. The molecule has 118 valence electrons. The van der Waals surface area contributed by atoms with Crippen molar-refractivity contribution in [2.24, 2.45) is 10.7 Å². The van der Waals surface area contributed by atoms with Crippen molar-refractivity contribution >= 4 is 47.2 Å². The summed E-state index contributed by atoms with van der Waals surface area (Å²) >= 11 is 1.44. The van der Waals surface area contributed by atoms with Crippen LogP contribution in [0.25, 0.3) is 0 Å². The SMILES string of the molecule is I.NC(=NCCCNC(=O)c1cccs1)N1CCOCC1. The van der Waals surface area contributed by atoms with Crippen molar-refractivity contribution in [3.8, 4) is 0 Å². The number of aliphatic imine (C=N–C) groups is 1. The maximum absolute atomic E-state index is 11.7. The molecule has 0 unspecified atom stereocenters.